The highest BCUT2D eigenvalue weighted by molar-refractivity contribution is 4.75. The Labute approximate surface area is 68.7 Å². The summed E-state index contributed by atoms with van der Waals surface area (Å²) in [5, 5.41) is 0. The fourth-order valence-electron chi connectivity index (χ4n) is 2.44. The molecule has 0 saturated carbocycles. The van der Waals surface area contributed by atoms with Crippen LogP contribution < -0.4 is 0 Å². The van der Waals surface area contributed by atoms with E-state index in [9.17, 15) is 0 Å². The molecule has 2 saturated heterocycles. The molecule has 2 fully saturated rings. The fourth-order valence-corrected chi connectivity index (χ4v) is 2.44. The Morgan fingerprint density at radius 1 is 1.09 bits per heavy atom. The molecule has 0 unspecified atom stereocenters. The third-order valence-corrected chi connectivity index (χ3v) is 3.58. The lowest BCUT2D eigenvalue weighted by Gasteiger charge is -2.50. The predicted octanol–water partition coefficient (Wildman–Crippen LogP) is 1.01. The molecule has 2 heteroatoms. The quantitative estimate of drug-likeness (QED) is 0.476. The van der Waals surface area contributed by atoms with Crippen LogP contribution in [0.3, 0.4) is 0 Å². The molecule has 0 aromatic carbocycles. The van der Waals surface area contributed by atoms with Crippen molar-refractivity contribution in [2.24, 2.45) is 0 Å². The summed E-state index contributed by atoms with van der Waals surface area (Å²) in [7, 11) is 4.72. The zero-order valence-corrected chi connectivity index (χ0v) is 7.55. The molecule has 0 spiro atoms. The zero-order valence-electron chi connectivity index (χ0n) is 7.55. The summed E-state index contributed by atoms with van der Waals surface area (Å²) in [4.78, 5) is 0. The lowest BCUT2D eigenvalue weighted by Crippen LogP contribution is -2.64. The van der Waals surface area contributed by atoms with Crippen LogP contribution in [-0.4, -0.2) is 43.9 Å². The Morgan fingerprint density at radius 3 is 2.09 bits per heavy atom. The van der Waals surface area contributed by atoms with E-state index in [1.165, 1.54) is 23.7 Å². The van der Waals surface area contributed by atoms with Crippen molar-refractivity contribution in [3.63, 3.8) is 0 Å². The number of hydrogen-bond acceptors (Lipinski definition) is 1. The van der Waals surface area contributed by atoms with Crippen LogP contribution in [-0.2, 0) is 4.74 Å². The van der Waals surface area contributed by atoms with Crippen LogP contribution in [0.1, 0.15) is 19.3 Å². The smallest absolute Gasteiger partial charge is 0.113 e. The van der Waals surface area contributed by atoms with Gasteiger partial charge in [-0.3, -0.25) is 0 Å². The van der Waals surface area contributed by atoms with Crippen LogP contribution in [0.5, 0.6) is 0 Å². The average molecular weight is 156 g/mol. The van der Waals surface area contributed by atoms with Crippen LogP contribution in [0, 0.1) is 0 Å². The van der Waals surface area contributed by atoms with E-state index in [4.69, 9.17) is 4.74 Å². The molecule has 2 aliphatic heterocycles. The van der Waals surface area contributed by atoms with Crippen molar-refractivity contribution in [1.82, 2.24) is 0 Å². The molecular formula is C9H18NO+. The van der Waals surface area contributed by atoms with Gasteiger partial charge in [0.25, 0.3) is 0 Å². The number of ether oxygens (including phenoxy) is 1. The van der Waals surface area contributed by atoms with Gasteiger partial charge in [0, 0.05) is 12.8 Å². The Morgan fingerprint density at radius 2 is 1.64 bits per heavy atom. The maximum absolute atomic E-state index is 5.56. The van der Waals surface area contributed by atoms with Crippen molar-refractivity contribution < 1.29 is 9.22 Å². The van der Waals surface area contributed by atoms with Crippen LogP contribution in [0.2, 0.25) is 0 Å². The van der Waals surface area contributed by atoms with E-state index in [-0.39, 0.29) is 0 Å². The van der Waals surface area contributed by atoms with Crippen LogP contribution in [0.25, 0.3) is 0 Å². The van der Waals surface area contributed by atoms with Crippen molar-refractivity contribution in [2.45, 2.75) is 31.3 Å². The Hall–Kier alpha value is -0.0800. The maximum atomic E-state index is 5.56. The number of fused-ring (bicyclic) bond motifs is 2. The first kappa shape index (κ1) is 7.56. The van der Waals surface area contributed by atoms with Crippen LogP contribution in [0.15, 0.2) is 0 Å². The summed E-state index contributed by atoms with van der Waals surface area (Å²) >= 11 is 0. The molecule has 2 heterocycles. The molecule has 2 bridgehead atoms. The number of rotatable bonds is 0. The lowest BCUT2D eigenvalue weighted by molar-refractivity contribution is -0.952. The average Bonchev–Trinajstić information content (AvgIpc) is 1.82. The second-order valence-electron chi connectivity index (χ2n) is 4.41. The number of likely N-dealkylation sites (N-methyl/N-ethyl adjacent to an activating group) is 1. The summed E-state index contributed by atoms with van der Waals surface area (Å²) in [6.07, 6.45) is 4.15. The van der Waals surface area contributed by atoms with Gasteiger partial charge in [-0.2, -0.15) is 0 Å². The Balaban J connectivity index is 2.17. The van der Waals surface area contributed by atoms with Crippen LogP contribution in [0.4, 0.5) is 0 Å². The second-order valence-corrected chi connectivity index (χ2v) is 4.41. The van der Waals surface area contributed by atoms with Crippen molar-refractivity contribution in [3.05, 3.63) is 0 Å². The fraction of sp³-hybridized carbons (Fsp3) is 1.00. The standard InChI is InChI=1S/C9H18NO/c1-10(2)8-4-3-5-9(10)7-11-6-8/h8-9H,3-7H2,1-2H3/q+1/t8-,9-/m0/s1. The first-order valence-electron chi connectivity index (χ1n) is 4.62. The topological polar surface area (TPSA) is 9.23 Å². The molecule has 2 rings (SSSR count). The zero-order chi connectivity index (χ0) is 7.90. The highest BCUT2D eigenvalue weighted by Crippen LogP contribution is 2.31. The van der Waals surface area contributed by atoms with Gasteiger partial charge in [-0.05, 0) is 6.42 Å². The molecule has 2 nitrogen and oxygen atoms in total. The van der Waals surface area contributed by atoms with Gasteiger partial charge in [0.1, 0.15) is 12.1 Å². The van der Waals surface area contributed by atoms with E-state index >= 15 is 0 Å². The van der Waals surface area contributed by atoms with Crippen molar-refractivity contribution >= 4 is 0 Å². The largest absolute Gasteiger partial charge is 0.369 e. The van der Waals surface area contributed by atoms with E-state index in [1.54, 1.807) is 0 Å². The van der Waals surface area contributed by atoms with Gasteiger partial charge >= 0.3 is 0 Å². The molecule has 64 valence electrons. The summed E-state index contributed by atoms with van der Waals surface area (Å²) in [6.45, 7) is 1.98. The third-order valence-electron chi connectivity index (χ3n) is 3.58. The van der Waals surface area contributed by atoms with E-state index in [0.29, 0.717) is 0 Å². The van der Waals surface area contributed by atoms with E-state index in [2.05, 4.69) is 14.1 Å². The molecule has 0 aliphatic carbocycles. The van der Waals surface area contributed by atoms with Crippen molar-refractivity contribution in [1.29, 1.82) is 0 Å². The first-order valence-corrected chi connectivity index (χ1v) is 4.62. The molecule has 0 N–H and O–H groups in total. The Kier molecular flexibility index (Phi) is 1.69. The lowest BCUT2D eigenvalue weighted by atomic mass is 9.92. The van der Waals surface area contributed by atoms with Gasteiger partial charge in [0.2, 0.25) is 0 Å². The third kappa shape index (κ3) is 1.09. The molecule has 11 heavy (non-hydrogen) atoms. The van der Waals surface area contributed by atoms with Crippen molar-refractivity contribution in [3.8, 4) is 0 Å². The normalized spacial score (nSPS) is 42.0. The molecule has 0 radical (unpaired) electrons. The van der Waals surface area contributed by atoms with Crippen LogP contribution >= 0.6 is 0 Å². The van der Waals surface area contributed by atoms with Crippen molar-refractivity contribution in [2.75, 3.05) is 27.3 Å². The van der Waals surface area contributed by atoms with Gasteiger partial charge in [-0.15, -0.1) is 0 Å². The number of quaternary nitrogens is 1. The Bertz CT molecular complexity index is 132. The minimum Gasteiger partial charge on any atom is -0.369 e. The molecular weight excluding hydrogens is 138 g/mol. The highest BCUT2D eigenvalue weighted by atomic mass is 16.5. The molecule has 2 atom stereocenters. The van der Waals surface area contributed by atoms with E-state index in [0.717, 1.165) is 25.3 Å². The van der Waals surface area contributed by atoms with Gasteiger partial charge in [0.05, 0.1) is 27.3 Å². The van der Waals surface area contributed by atoms with Gasteiger partial charge < -0.3 is 9.22 Å². The SMILES string of the molecule is C[N+]1(C)[C@H]2CCC[C@H]1COC2. The minimum absolute atomic E-state index is 0.780. The van der Waals surface area contributed by atoms with Gasteiger partial charge in [-0.25, -0.2) is 0 Å². The molecule has 0 aromatic heterocycles. The number of piperidine rings is 1. The monoisotopic (exact) mass is 156 g/mol. The predicted molar refractivity (Wildman–Crippen MR) is 44.4 cm³/mol. The second kappa shape index (κ2) is 2.46. The van der Waals surface area contributed by atoms with Gasteiger partial charge in [0.15, 0.2) is 0 Å². The summed E-state index contributed by atoms with van der Waals surface area (Å²) < 4.78 is 6.76. The highest BCUT2D eigenvalue weighted by Gasteiger charge is 2.43. The number of morpholine rings is 1. The van der Waals surface area contributed by atoms with Gasteiger partial charge in [-0.1, -0.05) is 0 Å². The summed E-state index contributed by atoms with van der Waals surface area (Å²) in [5.74, 6) is 0. The molecule has 0 amide bonds. The summed E-state index contributed by atoms with van der Waals surface area (Å²) in [5.41, 5.74) is 0. The molecule has 2 aliphatic rings. The van der Waals surface area contributed by atoms with E-state index in [1.807, 2.05) is 0 Å². The number of hydrogen-bond donors (Lipinski definition) is 0. The summed E-state index contributed by atoms with van der Waals surface area (Å²) in [6, 6.07) is 1.56. The minimum atomic E-state index is 0.780. The first-order chi connectivity index (χ1) is 5.21. The van der Waals surface area contributed by atoms with E-state index < -0.39 is 0 Å². The molecule has 0 aromatic rings. The maximum Gasteiger partial charge on any atom is 0.113 e. The number of nitrogens with zero attached hydrogens (tertiary/aromatic N) is 1.